The van der Waals surface area contributed by atoms with E-state index in [9.17, 15) is 0 Å². The predicted molar refractivity (Wildman–Crippen MR) is 97.7 cm³/mol. The first-order valence-corrected chi connectivity index (χ1v) is 7.95. The van der Waals surface area contributed by atoms with E-state index < -0.39 is 0 Å². The molecule has 0 amide bonds. The highest BCUT2D eigenvalue weighted by Crippen LogP contribution is 2.25. The summed E-state index contributed by atoms with van der Waals surface area (Å²) in [6, 6.07) is 21.4. The largest absolute Gasteiger partial charge is 0.497 e. The molecule has 0 unspecified atom stereocenters. The molecule has 4 nitrogen and oxygen atoms in total. The lowest BCUT2D eigenvalue weighted by atomic mass is 10.1. The van der Waals surface area contributed by atoms with Gasteiger partial charge in [0.05, 0.1) is 24.4 Å². The minimum absolute atomic E-state index is 0.754. The fourth-order valence-electron chi connectivity index (χ4n) is 2.67. The summed E-state index contributed by atoms with van der Waals surface area (Å²) in [6.07, 6.45) is 3.47. The monoisotopic (exact) mass is 328 g/mol. The summed E-state index contributed by atoms with van der Waals surface area (Å²) < 4.78 is 11.4. The van der Waals surface area contributed by atoms with Gasteiger partial charge in [-0.3, -0.25) is 4.98 Å². The molecule has 4 heteroatoms. The molecule has 0 spiro atoms. The van der Waals surface area contributed by atoms with E-state index in [1.807, 2.05) is 66.7 Å². The molecule has 0 aliphatic rings. The van der Waals surface area contributed by atoms with Crippen LogP contribution in [0, 0.1) is 0 Å². The third-order valence-corrected chi connectivity index (χ3v) is 3.90. The highest BCUT2D eigenvalue weighted by Gasteiger charge is 2.07. The summed E-state index contributed by atoms with van der Waals surface area (Å²) in [5.74, 6) is 1.53. The van der Waals surface area contributed by atoms with Gasteiger partial charge in [0.2, 0.25) is 0 Å². The lowest BCUT2D eigenvalue weighted by Gasteiger charge is -2.06. The molecule has 0 fully saturated rings. The maximum Gasteiger partial charge on any atom is 0.137 e. The topological polar surface area (TPSA) is 47.6 Å². The van der Waals surface area contributed by atoms with Crippen molar-refractivity contribution in [1.82, 2.24) is 4.98 Å². The molecule has 4 aromatic rings. The van der Waals surface area contributed by atoms with Crippen molar-refractivity contribution in [1.29, 1.82) is 0 Å². The summed E-state index contributed by atoms with van der Waals surface area (Å²) in [4.78, 5) is 8.89. The van der Waals surface area contributed by atoms with Crippen LogP contribution in [-0.2, 0) is 0 Å². The molecular formula is C21H16N2O2. The Morgan fingerprint density at radius 1 is 0.960 bits per heavy atom. The Labute approximate surface area is 145 Å². The lowest BCUT2D eigenvalue weighted by molar-refractivity contribution is 0.415. The van der Waals surface area contributed by atoms with E-state index >= 15 is 0 Å². The van der Waals surface area contributed by atoms with Gasteiger partial charge in [-0.25, -0.2) is 4.99 Å². The standard InChI is InChI=1S/C21H16N2O2/c1-24-17-9-10-20-18(12-17)19(23-16-8-5-11-22-14-16)13-21(25-20)15-6-3-2-4-7-15/h2-14H,1H3. The molecule has 0 aliphatic heterocycles. The second-order valence-corrected chi connectivity index (χ2v) is 5.55. The molecule has 0 atom stereocenters. The van der Waals surface area contributed by atoms with Gasteiger partial charge in [-0.1, -0.05) is 30.3 Å². The fourth-order valence-corrected chi connectivity index (χ4v) is 2.67. The zero-order valence-corrected chi connectivity index (χ0v) is 13.7. The summed E-state index contributed by atoms with van der Waals surface area (Å²) >= 11 is 0. The SMILES string of the molecule is COc1ccc2oc(-c3ccccc3)cc(=Nc3cccnc3)c2c1. The van der Waals surface area contributed by atoms with E-state index in [-0.39, 0.29) is 0 Å². The van der Waals surface area contributed by atoms with Gasteiger partial charge in [-0.15, -0.1) is 0 Å². The Balaban J connectivity index is 2.01. The normalized spacial score (nSPS) is 11.6. The average molecular weight is 328 g/mol. The van der Waals surface area contributed by atoms with Crippen molar-refractivity contribution in [2.75, 3.05) is 7.11 Å². The molecule has 2 heterocycles. The fraction of sp³-hybridized carbons (Fsp3) is 0.0476. The van der Waals surface area contributed by atoms with E-state index in [2.05, 4.69) is 4.98 Å². The van der Waals surface area contributed by atoms with Crippen molar-refractivity contribution in [3.8, 4) is 17.1 Å². The molecule has 0 aliphatic carbocycles. The number of methoxy groups -OCH3 is 1. The Bertz CT molecular complexity index is 1070. The van der Waals surface area contributed by atoms with Gasteiger partial charge < -0.3 is 9.15 Å². The lowest BCUT2D eigenvalue weighted by Crippen LogP contribution is -2.03. The van der Waals surface area contributed by atoms with Crippen LogP contribution in [0.1, 0.15) is 0 Å². The van der Waals surface area contributed by atoms with Gasteiger partial charge in [0.1, 0.15) is 17.1 Å². The van der Waals surface area contributed by atoms with Crippen molar-refractivity contribution >= 4 is 16.7 Å². The Hall–Kier alpha value is -3.40. The average Bonchev–Trinajstić information content (AvgIpc) is 2.69. The first kappa shape index (κ1) is 15.1. The first-order valence-electron chi connectivity index (χ1n) is 7.95. The number of aromatic nitrogens is 1. The van der Waals surface area contributed by atoms with Crippen molar-refractivity contribution in [3.63, 3.8) is 0 Å². The van der Waals surface area contributed by atoms with Crippen molar-refractivity contribution in [2.24, 2.45) is 4.99 Å². The highest BCUT2D eigenvalue weighted by molar-refractivity contribution is 5.80. The van der Waals surface area contributed by atoms with Crippen LogP contribution in [0.15, 0.2) is 88.5 Å². The number of nitrogens with zero attached hydrogens (tertiary/aromatic N) is 2. The van der Waals surface area contributed by atoms with E-state index in [1.165, 1.54) is 0 Å². The smallest absolute Gasteiger partial charge is 0.137 e. The van der Waals surface area contributed by atoms with Crippen LogP contribution in [0.4, 0.5) is 5.69 Å². The number of hydrogen-bond acceptors (Lipinski definition) is 4. The molecular weight excluding hydrogens is 312 g/mol. The molecule has 0 saturated heterocycles. The third kappa shape index (κ3) is 3.15. The number of hydrogen-bond donors (Lipinski definition) is 0. The van der Waals surface area contributed by atoms with Gasteiger partial charge in [0.15, 0.2) is 0 Å². The first-order chi connectivity index (χ1) is 12.3. The van der Waals surface area contributed by atoms with Gasteiger partial charge in [-0.2, -0.15) is 0 Å². The molecule has 0 bridgehead atoms. The summed E-state index contributed by atoms with van der Waals surface area (Å²) in [6.45, 7) is 0. The van der Waals surface area contributed by atoms with Crippen LogP contribution in [0.3, 0.4) is 0 Å². The maximum atomic E-state index is 6.09. The van der Waals surface area contributed by atoms with Crippen LogP contribution in [-0.4, -0.2) is 12.1 Å². The predicted octanol–water partition coefficient (Wildman–Crippen LogP) is 4.74. The minimum atomic E-state index is 0.754. The van der Waals surface area contributed by atoms with Crippen LogP contribution in [0.5, 0.6) is 5.75 Å². The van der Waals surface area contributed by atoms with E-state index in [0.717, 1.165) is 39.1 Å². The van der Waals surface area contributed by atoms with Gasteiger partial charge >= 0.3 is 0 Å². The number of benzene rings is 2. The Morgan fingerprint density at radius 2 is 1.84 bits per heavy atom. The van der Waals surface area contributed by atoms with Gasteiger partial charge in [0, 0.05) is 23.2 Å². The Morgan fingerprint density at radius 3 is 2.60 bits per heavy atom. The van der Waals surface area contributed by atoms with Crippen LogP contribution in [0.2, 0.25) is 0 Å². The molecule has 0 radical (unpaired) electrons. The molecule has 25 heavy (non-hydrogen) atoms. The van der Waals surface area contributed by atoms with Crippen LogP contribution < -0.4 is 10.1 Å². The summed E-state index contributed by atoms with van der Waals surface area (Å²) in [5, 5.41) is 1.70. The molecule has 122 valence electrons. The zero-order valence-electron chi connectivity index (χ0n) is 13.7. The number of rotatable bonds is 3. The second kappa shape index (κ2) is 6.61. The van der Waals surface area contributed by atoms with Crippen molar-refractivity contribution in [2.45, 2.75) is 0 Å². The van der Waals surface area contributed by atoms with Crippen LogP contribution >= 0.6 is 0 Å². The summed E-state index contributed by atoms with van der Waals surface area (Å²) in [5.41, 5.74) is 2.55. The molecule has 0 saturated carbocycles. The minimum Gasteiger partial charge on any atom is -0.497 e. The highest BCUT2D eigenvalue weighted by atomic mass is 16.5. The van der Waals surface area contributed by atoms with E-state index in [1.54, 1.807) is 19.5 Å². The second-order valence-electron chi connectivity index (χ2n) is 5.55. The van der Waals surface area contributed by atoms with Gasteiger partial charge in [0.25, 0.3) is 0 Å². The molecule has 0 N–H and O–H groups in total. The molecule has 2 aromatic carbocycles. The summed E-state index contributed by atoms with van der Waals surface area (Å²) in [7, 11) is 1.65. The molecule has 2 aromatic heterocycles. The van der Waals surface area contributed by atoms with Crippen molar-refractivity contribution < 1.29 is 9.15 Å². The Kier molecular flexibility index (Phi) is 4.01. The molecule has 4 rings (SSSR count). The number of fused-ring (bicyclic) bond motifs is 1. The third-order valence-electron chi connectivity index (χ3n) is 3.90. The quantitative estimate of drug-likeness (QED) is 0.546. The van der Waals surface area contributed by atoms with E-state index in [4.69, 9.17) is 14.1 Å². The van der Waals surface area contributed by atoms with E-state index in [0.29, 0.717) is 0 Å². The van der Waals surface area contributed by atoms with Gasteiger partial charge in [-0.05, 0) is 30.3 Å². The maximum absolute atomic E-state index is 6.09. The zero-order chi connectivity index (χ0) is 17.1. The van der Waals surface area contributed by atoms with Crippen LogP contribution in [0.25, 0.3) is 22.3 Å². The van der Waals surface area contributed by atoms with Crippen molar-refractivity contribution in [3.05, 3.63) is 84.5 Å². The number of ether oxygens (including phenoxy) is 1. The number of pyridine rings is 1.